The number of nitrogens with one attached hydrogen (secondary N) is 2. The fourth-order valence-corrected chi connectivity index (χ4v) is 2.39. The number of hydrogen-bond donors (Lipinski definition) is 3. The first kappa shape index (κ1) is 15.7. The van der Waals surface area contributed by atoms with Gasteiger partial charge in [-0.05, 0) is 12.8 Å². The van der Waals surface area contributed by atoms with Crippen LogP contribution in [-0.2, 0) is 4.74 Å². The molecule has 0 aliphatic heterocycles. The van der Waals surface area contributed by atoms with Crippen LogP contribution in [0.25, 0.3) is 0 Å². The predicted molar refractivity (Wildman–Crippen MR) is 78.7 cm³/mol. The quantitative estimate of drug-likeness (QED) is 0.708. The minimum absolute atomic E-state index is 0.0402. The Morgan fingerprint density at radius 2 is 2.21 bits per heavy atom. The van der Waals surface area contributed by atoms with E-state index >= 15 is 0 Å². The highest BCUT2D eigenvalue weighted by atomic mass is 32.1. The molecule has 7 heteroatoms. The molecule has 0 saturated carbocycles. The van der Waals surface area contributed by atoms with Gasteiger partial charge < -0.3 is 21.1 Å². The van der Waals surface area contributed by atoms with E-state index in [0.29, 0.717) is 16.6 Å². The van der Waals surface area contributed by atoms with Gasteiger partial charge in [-0.15, -0.1) is 0 Å². The van der Waals surface area contributed by atoms with Crippen molar-refractivity contribution in [3.05, 3.63) is 4.88 Å². The van der Waals surface area contributed by atoms with Crippen LogP contribution in [0.15, 0.2) is 0 Å². The summed E-state index contributed by atoms with van der Waals surface area (Å²) in [4.78, 5) is 16.7. The minimum atomic E-state index is -0.199. The average Bonchev–Trinajstić information content (AvgIpc) is 2.70. The summed E-state index contributed by atoms with van der Waals surface area (Å²) < 4.78 is 5.11. The van der Waals surface area contributed by atoms with E-state index in [9.17, 15) is 4.79 Å². The van der Waals surface area contributed by atoms with Crippen LogP contribution in [0.2, 0.25) is 0 Å². The van der Waals surface area contributed by atoms with Gasteiger partial charge in [0.05, 0.1) is 12.6 Å². The van der Waals surface area contributed by atoms with Gasteiger partial charge in [0.1, 0.15) is 10.7 Å². The van der Waals surface area contributed by atoms with Gasteiger partial charge >= 0.3 is 0 Å². The Kier molecular flexibility index (Phi) is 6.04. The van der Waals surface area contributed by atoms with Crippen LogP contribution in [0.3, 0.4) is 0 Å². The van der Waals surface area contributed by atoms with Gasteiger partial charge in [0, 0.05) is 13.7 Å². The molecule has 0 bridgehead atoms. The largest absolute Gasteiger partial charge is 0.383 e. The third-order valence-electron chi connectivity index (χ3n) is 2.66. The van der Waals surface area contributed by atoms with Crippen molar-refractivity contribution < 1.29 is 9.53 Å². The molecule has 0 saturated heterocycles. The third kappa shape index (κ3) is 4.36. The Labute approximate surface area is 117 Å². The number of nitrogen functional groups attached to an aromatic ring is 1. The summed E-state index contributed by atoms with van der Waals surface area (Å²) in [5.41, 5.74) is 5.77. The maximum atomic E-state index is 12.2. The van der Waals surface area contributed by atoms with Crippen molar-refractivity contribution in [3.8, 4) is 0 Å². The Bertz CT molecular complexity index is 420. The van der Waals surface area contributed by atoms with Gasteiger partial charge in [-0.1, -0.05) is 25.2 Å². The van der Waals surface area contributed by atoms with Crippen LogP contribution in [-0.4, -0.2) is 37.2 Å². The second-order valence-electron chi connectivity index (χ2n) is 4.54. The van der Waals surface area contributed by atoms with E-state index < -0.39 is 0 Å². The van der Waals surface area contributed by atoms with Crippen LogP contribution in [0.1, 0.15) is 30.4 Å². The van der Waals surface area contributed by atoms with E-state index in [2.05, 4.69) is 15.6 Å². The molecule has 0 fully saturated rings. The first-order valence-corrected chi connectivity index (χ1v) is 7.11. The average molecular weight is 286 g/mol. The molecule has 1 aromatic rings. The number of anilines is 2. The Morgan fingerprint density at radius 3 is 2.74 bits per heavy atom. The van der Waals surface area contributed by atoms with Gasteiger partial charge in [-0.3, -0.25) is 4.79 Å². The molecule has 1 aromatic heterocycles. The maximum Gasteiger partial charge on any atom is 0.265 e. The summed E-state index contributed by atoms with van der Waals surface area (Å²) in [6.07, 6.45) is 0. The molecule has 1 rings (SSSR count). The van der Waals surface area contributed by atoms with Crippen LogP contribution in [0, 0.1) is 5.92 Å². The fourth-order valence-electron chi connectivity index (χ4n) is 1.54. The van der Waals surface area contributed by atoms with E-state index in [4.69, 9.17) is 10.5 Å². The van der Waals surface area contributed by atoms with Crippen molar-refractivity contribution in [3.63, 3.8) is 0 Å². The molecule has 0 spiro atoms. The van der Waals surface area contributed by atoms with Crippen LogP contribution in [0.4, 0.5) is 10.9 Å². The second kappa shape index (κ2) is 7.30. The number of nitrogens with two attached hydrogens (primary N) is 1. The van der Waals surface area contributed by atoms with E-state index in [1.54, 1.807) is 7.11 Å². The number of aromatic nitrogens is 1. The second-order valence-corrected chi connectivity index (χ2v) is 5.54. The van der Waals surface area contributed by atoms with E-state index in [1.807, 2.05) is 20.8 Å². The summed E-state index contributed by atoms with van der Waals surface area (Å²) >= 11 is 1.26. The van der Waals surface area contributed by atoms with Crippen molar-refractivity contribution in [2.45, 2.75) is 26.8 Å². The lowest BCUT2D eigenvalue weighted by atomic mass is 10.1. The molecule has 1 heterocycles. The molecule has 108 valence electrons. The number of methoxy groups -OCH3 is 1. The highest BCUT2D eigenvalue weighted by Crippen LogP contribution is 2.24. The number of hydrogen-bond acceptors (Lipinski definition) is 6. The number of carbonyl (C=O) groups excluding carboxylic acids is 1. The summed E-state index contributed by atoms with van der Waals surface area (Å²) in [5.74, 6) is 0.347. The zero-order chi connectivity index (χ0) is 14.4. The fraction of sp³-hybridized carbons (Fsp3) is 0.667. The van der Waals surface area contributed by atoms with Gasteiger partial charge in [-0.25, -0.2) is 4.98 Å². The Hall–Kier alpha value is -1.34. The molecular weight excluding hydrogens is 264 g/mol. The van der Waals surface area contributed by atoms with Crippen molar-refractivity contribution in [2.24, 2.45) is 5.92 Å². The molecule has 0 aromatic carbocycles. The lowest BCUT2D eigenvalue weighted by Gasteiger charge is -2.21. The van der Waals surface area contributed by atoms with E-state index in [1.165, 1.54) is 11.3 Å². The van der Waals surface area contributed by atoms with Crippen molar-refractivity contribution in [1.29, 1.82) is 0 Å². The number of carbonyl (C=O) groups is 1. The van der Waals surface area contributed by atoms with E-state index in [0.717, 1.165) is 6.54 Å². The highest BCUT2D eigenvalue weighted by molar-refractivity contribution is 7.18. The lowest BCUT2D eigenvalue weighted by Crippen LogP contribution is -2.41. The van der Waals surface area contributed by atoms with Gasteiger partial charge in [0.2, 0.25) is 0 Å². The molecule has 0 radical (unpaired) electrons. The number of amides is 1. The van der Waals surface area contributed by atoms with E-state index in [-0.39, 0.29) is 23.7 Å². The van der Waals surface area contributed by atoms with Crippen LogP contribution in [0.5, 0.6) is 0 Å². The summed E-state index contributed by atoms with van der Waals surface area (Å²) in [6, 6.07) is -0.0402. The Morgan fingerprint density at radius 1 is 1.53 bits per heavy atom. The maximum absolute atomic E-state index is 12.2. The zero-order valence-electron chi connectivity index (χ0n) is 11.8. The minimum Gasteiger partial charge on any atom is -0.383 e. The number of rotatable bonds is 7. The molecule has 1 amide bonds. The molecule has 6 nitrogen and oxygen atoms in total. The SMILES string of the molecule is CCNc1nc(N)c(C(=O)NC(COC)C(C)C)s1. The van der Waals surface area contributed by atoms with Gasteiger partial charge in [0.15, 0.2) is 5.13 Å². The zero-order valence-corrected chi connectivity index (χ0v) is 12.6. The molecule has 1 atom stereocenters. The molecule has 1 unspecified atom stereocenters. The smallest absolute Gasteiger partial charge is 0.265 e. The standard InChI is InChI=1S/C12H22N4O2S/c1-5-14-12-16-10(13)9(19-12)11(17)15-8(6-18-4)7(2)3/h7-8H,5-6,13H2,1-4H3,(H,14,16)(H,15,17). The summed E-state index contributed by atoms with van der Waals surface area (Å²) in [7, 11) is 1.62. The number of ether oxygens (including phenoxy) is 1. The topological polar surface area (TPSA) is 89.3 Å². The van der Waals surface area contributed by atoms with Crippen LogP contribution >= 0.6 is 11.3 Å². The van der Waals surface area contributed by atoms with Gasteiger partial charge in [0.25, 0.3) is 5.91 Å². The summed E-state index contributed by atoms with van der Waals surface area (Å²) in [6.45, 7) is 7.24. The van der Waals surface area contributed by atoms with Crippen LogP contribution < -0.4 is 16.4 Å². The molecule has 0 aliphatic rings. The number of thiazole rings is 1. The highest BCUT2D eigenvalue weighted by Gasteiger charge is 2.21. The molecule has 4 N–H and O–H groups in total. The summed E-state index contributed by atoms with van der Waals surface area (Å²) in [5, 5.41) is 6.64. The van der Waals surface area contributed by atoms with Crippen molar-refractivity contribution in [1.82, 2.24) is 10.3 Å². The van der Waals surface area contributed by atoms with Gasteiger partial charge in [-0.2, -0.15) is 0 Å². The molecule has 19 heavy (non-hydrogen) atoms. The Balaban J connectivity index is 2.76. The lowest BCUT2D eigenvalue weighted by molar-refractivity contribution is 0.0871. The van der Waals surface area contributed by atoms with Crippen molar-refractivity contribution >= 4 is 28.2 Å². The van der Waals surface area contributed by atoms with Crippen molar-refractivity contribution in [2.75, 3.05) is 31.3 Å². The third-order valence-corrected chi connectivity index (χ3v) is 3.68. The molecular formula is C12H22N4O2S. The molecule has 0 aliphatic carbocycles. The number of nitrogens with zero attached hydrogens (tertiary/aromatic N) is 1. The monoisotopic (exact) mass is 286 g/mol. The first-order valence-electron chi connectivity index (χ1n) is 6.29. The normalized spacial score (nSPS) is 12.5. The predicted octanol–water partition coefficient (Wildman–Crippen LogP) is 1.56. The first-order chi connectivity index (χ1) is 8.99.